The van der Waals surface area contributed by atoms with Crippen molar-refractivity contribution in [3.63, 3.8) is 0 Å². The lowest BCUT2D eigenvalue weighted by atomic mass is 9.91. The summed E-state index contributed by atoms with van der Waals surface area (Å²) < 4.78 is 50.9. The van der Waals surface area contributed by atoms with E-state index in [1.807, 2.05) is 24.3 Å². The van der Waals surface area contributed by atoms with Crippen molar-refractivity contribution in [2.75, 3.05) is 26.7 Å². The van der Waals surface area contributed by atoms with Gasteiger partial charge in [0.2, 0.25) is 6.10 Å². The van der Waals surface area contributed by atoms with Crippen LogP contribution in [-0.4, -0.2) is 49.9 Å². The topological polar surface area (TPSA) is 38.8 Å². The molecule has 0 bridgehead atoms. The Labute approximate surface area is 191 Å². The van der Waals surface area contributed by atoms with Crippen LogP contribution in [0.25, 0.3) is 0 Å². The quantitative estimate of drug-likeness (QED) is 0.490. The van der Waals surface area contributed by atoms with Gasteiger partial charge in [-0.3, -0.25) is 9.69 Å². The van der Waals surface area contributed by atoms with E-state index in [0.29, 0.717) is 23.7 Å². The van der Waals surface area contributed by atoms with E-state index in [-0.39, 0.29) is 18.9 Å². The number of alkyl halides is 3. The van der Waals surface area contributed by atoms with Crippen molar-refractivity contribution in [2.45, 2.75) is 38.0 Å². The average Bonchev–Trinajstić information content (AvgIpc) is 2.75. The molecule has 0 N–H and O–H groups in total. The fraction of sp³-hybridized carbons (Fsp3) is 0.458. The molecule has 8 heteroatoms. The maximum Gasteiger partial charge on any atom is 0.426 e. The minimum absolute atomic E-state index is 0.232. The Bertz CT molecular complexity index is 872. The van der Waals surface area contributed by atoms with Gasteiger partial charge in [0, 0.05) is 18.1 Å². The molecule has 2 atom stereocenters. The fourth-order valence-electron chi connectivity index (χ4n) is 3.99. The van der Waals surface area contributed by atoms with E-state index in [1.54, 1.807) is 36.3 Å². The van der Waals surface area contributed by atoms with E-state index < -0.39 is 18.2 Å². The zero-order valence-corrected chi connectivity index (χ0v) is 18.7. The van der Waals surface area contributed by atoms with Crippen LogP contribution in [0.2, 0.25) is 5.02 Å². The molecule has 0 spiro atoms. The largest absolute Gasteiger partial charge is 0.497 e. The first-order valence-electron chi connectivity index (χ1n) is 10.6. The Hall–Kier alpha value is -2.25. The summed E-state index contributed by atoms with van der Waals surface area (Å²) in [5.41, 5.74) is 1.68. The Morgan fingerprint density at radius 2 is 1.78 bits per heavy atom. The third kappa shape index (κ3) is 7.41. The van der Waals surface area contributed by atoms with Gasteiger partial charge in [-0.25, -0.2) is 0 Å². The van der Waals surface area contributed by atoms with Crippen LogP contribution in [0.4, 0.5) is 13.2 Å². The highest BCUT2D eigenvalue weighted by Gasteiger charge is 2.44. The van der Waals surface area contributed by atoms with E-state index in [4.69, 9.17) is 21.1 Å². The van der Waals surface area contributed by atoms with Gasteiger partial charge in [0.25, 0.3) is 0 Å². The van der Waals surface area contributed by atoms with E-state index >= 15 is 0 Å². The maximum absolute atomic E-state index is 13.6. The van der Waals surface area contributed by atoms with Crippen molar-refractivity contribution in [1.82, 2.24) is 4.90 Å². The molecule has 0 aliphatic carbocycles. The molecule has 0 amide bonds. The number of likely N-dealkylation sites (tertiary alicyclic amines) is 1. The smallest absolute Gasteiger partial charge is 0.426 e. The standard InChI is InChI=1S/C24H27ClF3NO3/c1-31-21-10-6-17(7-11-21)13-19-3-2-12-29(15-19)16-22(24(26,27)28)32-23(30)14-18-4-8-20(25)9-5-18/h4-11,19,22H,2-3,12-16H2,1H3/t19?,22-/m0/s1. The summed E-state index contributed by atoms with van der Waals surface area (Å²) in [4.78, 5) is 13.9. The molecule has 1 unspecified atom stereocenters. The van der Waals surface area contributed by atoms with E-state index in [2.05, 4.69) is 0 Å². The molecular weight excluding hydrogens is 443 g/mol. The molecule has 1 aliphatic heterocycles. The molecule has 2 aromatic carbocycles. The molecule has 4 nitrogen and oxygen atoms in total. The second-order valence-corrected chi connectivity index (χ2v) is 8.58. The number of benzene rings is 2. The number of ether oxygens (including phenoxy) is 2. The van der Waals surface area contributed by atoms with Gasteiger partial charge in [0.15, 0.2) is 0 Å². The van der Waals surface area contributed by atoms with Gasteiger partial charge in [-0.15, -0.1) is 0 Å². The van der Waals surface area contributed by atoms with Gasteiger partial charge in [-0.2, -0.15) is 13.2 Å². The summed E-state index contributed by atoms with van der Waals surface area (Å²) in [5.74, 6) is 0.115. The number of carbonyl (C=O) groups excluding carboxylic acids is 1. The molecule has 0 aromatic heterocycles. The van der Waals surface area contributed by atoms with Crippen LogP contribution in [0.15, 0.2) is 48.5 Å². The van der Waals surface area contributed by atoms with Crippen molar-refractivity contribution >= 4 is 17.6 Å². The summed E-state index contributed by atoms with van der Waals surface area (Å²) in [6.07, 6.45) is -4.46. The molecule has 1 aliphatic rings. The number of hydrogen-bond donors (Lipinski definition) is 0. The van der Waals surface area contributed by atoms with Gasteiger partial charge in [-0.1, -0.05) is 35.9 Å². The van der Waals surface area contributed by atoms with Gasteiger partial charge >= 0.3 is 12.1 Å². The Kier molecular flexibility index (Phi) is 8.43. The van der Waals surface area contributed by atoms with Crippen LogP contribution in [-0.2, 0) is 22.4 Å². The third-order valence-electron chi connectivity index (χ3n) is 5.61. The monoisotopic (exact) mass is 469 g/mol. The Morgan fingerprint density at radius 1 is 1.12 bits per heavy atom. The van der Waals surface area contributed by atoms with Gasteiger partial charge < -0.3 is 9.47 Å². The summed E-state index contributed by atoms with van der Waals surface area (Å²) in [6, 6.07) is 14.1. The first kappa shape index (κ1) is 24.4. The molecule has 174 valence electrons. The number of methoxy groups -OCH3 is 1. The van der Waals surface area contributed by atoms with Crippen molar-refractivity contribution in [3.05, 3.63) is 64.7 Å². The predicted molar refractivity (Wildman–Crippen MR) is 117 cm³/mol. The molecule has 0 saturated carbocycles. The second kappa shape index (κ2) is 11.1. The summed E-state index contributed by atoms with van der Waals surface area (Å²) in [7, 11) is 1.60. The highest BCUT2D eigenvalue weighted by molar-refractivity contribution is 6.30. The lowest BCUT2D eigenvalue weighted by Crippen LogP contribution is -2.47. The molecule has 1 heterocycles. The number of halogens is 4. The predicted octanol–water partition coefficient (Wildman–Crippen LogP) is 5.32. The van der Waals surface area contributed by atoms with Crippen molar-refractivity contribution < 1.29 is 27.4 Å². The first-order chi connectivity index (χ1) is 15.2. The molecule has 2 aromatic rings. The lowest BCUT2D eigenvalue weighted by Gasteiger charge is -2.35. The molecule has 1 fully saturated rings. The number of carbonyl (C=O) groups is 1. The minimum atomic E-state index is -4.63. The lowest BCUT2D eigenvalue weighted by molar-refractivity contribution is -0.225. The molecule has 0 radical (unpaired) electrons. The van der Waals surface area contributed by atoms with Crippen LogP contribution in [0.1, 0.15) is 24.0 Å². The normalized spacial score (nSPS) is 18.2. The van der Waals surface area contributed by atoms with Crippen LogP contribution >= 0.6 is 11.6 Å². The highest BCUT2D eigenvalue weighted by atomic mass is 35.5. The van der Waals surface area contributed by atoms with Crippen molar-refractivity contribution in [3.8, 4) is 5.75 Å². The van der Waals surface area contributed by atoms with Crippen LogP contribution in [0.3, 0.4) is 0 Å². The molecule has 3 rings (SSSR count). The maximum atomic E-state index is 13.6. The molecule has 1 saturated heterocycles. The number of rotatable bonds is 8. The fourth-order valence-corrected chi connectivity index (χ4v) is 4.12. The zero-order chi connectivity index (χ0) is 23.1. The van der Waals surface area contributed by atoms with Crippen LogP contribution < -0.4 is 4.74 Å². The average molecular weight is 470 g/mol. The number of nitrogens with zero attached hydrogens (tertiary/aromatic N) is 1. The SMILES string of the molecule is COc1ccc(CC2CCCN(C[C@H](OC(=O)Cc3ccc(Cl)cc3)C(F)(F)F)C2)cc1. The van der Waals surface area contributed by atoms with Crippen LogP contribution in [0, 0.1) is 5.92 Å². The third-order valence-corrected chi connectivity index (χ3v) is 5.86. The Morgan fingerprint density at radius 3 is 2.41 bits per heavy atom. The second-order valence-electron chi connectivity index (χ2n) is 8.14. The molecular formula is C24H27ClF3NO3. The Balaban J connectivity index is 1.56. The van der Waals surface area contributed by atoms with Crippen LogP contribution in [0.5, 0.6) is 5.75 Å². The summed E-state index contributed by atoms with van der Waals surface area (Å²) in [6.45, 7) is 0.739. The zero-order valence-electron chi connectivity index (χ0n) is 17.9. The van der Waals surface area contributed by atoms with Gasteiger partial charge in [0.05, 0.1) is 13.5 Å². The highest BCUT2D eigenvalue weighted by Crippen LogP contribution is 2.27. The number of hydrogen-bond acceptors (Lipinski definition) is 4. The summed E-state index contributed by atoms with van der Waals surface area (Å²) >= 11 is 5.80. The summed E-state index contributed by atoms with van der Waals surface area (Å²) in [5, 5.41) is 0.490. The van der Waals surface area contributed by atoms with E-state index in [1.165, 1.54) is 0 Å². The number of esters is 1. The van der Waals surface area contributed by atoms with E-state index in [9.17, 15) is 18.0 Å². The van der Waals surface area contributed by atoms with E-state index in [0.717, 1.165) is 30.6 Å². The first-order valence-corrected chi connectivity index (χ1v) is 11.0. The van der Waals surface area contributed by atoms with Gasteiger partial charge in [0.1, 0.15) is 5.75 Å². The van der Waals surface area contributed by atoms with Gasteiger partial charge in [-0.05, 0) is 67.1 Å². The van der Waals surface area contributed by atoms with Crippen molar-refractivity contribution in [1.29, 1.82) is 0 Å². The molecule has 32 heavy (non-hydrogen) atoms. The minimum Gasteiger partial charge on any atom is -0.497 e. The van der Waals surface area contributed by atoms with Crippen molar-refractivity contribution in [2.24, 2.45) is 5.92 Å². The number of piperidine rings is 1.